The number of hydrogen-bond acceptors (Lipinski definition) is 3. The van der Waals surface area contributed by atoms with Crippen LogP contribution in [-0.2, 0) is 6.54 Å². The minimum absolute atomic E-state index is 0. The van der Waals surface area contributed by atoms with Gasteiger partial charge in [-0.1, -0.05) is 6.42 Å². The molecule has 148 valence electrons. The van der Waals surface area contributed by atoms with Crippen molar-refractivity contribution in [3.8, 4) is 0 Å². The van der Waals surface area contributed by atoms with Crippen LogP contribution in [0.1, 0.15) is 36.9 Å². The van der Waals surface area contributed by atoms with Crippen molar-refractivity contribution >= 4 is 35.6 Å². The lowest BCUT2D eigenvalue weighted by Gasteiger charge is -2.32. The quantitative estimate of drug-likeness (QED) is 0.416. The average molecular weight is 482 g/mol. The molecule has 2 aliphatic rings. The Hall–Kier alpha value is -1.35. The number of rotatable bonds is 3. The minimum Gasteiger partial charge on any atom is -0.351 e. The molecule has 0 aliphatic carbocycles. The summed E-state index contributed by atoms with van der Waals surface area (Å²) in [6.07, 6.45) is 9.52. The van der Waals surface area contributed by atoms with Crippen molar-refractivity contribution in [3.63, 3.8) is 0 Å². The van der Waals surface area contributed by atoms with Crippen molar-refractivity contribution < 1.29 is 0 Å². The maximum absolute atomic E-state index is 4.71. The summed E-state index contributed by atoms with van der Waals surface area (Å²) in [5.41, 5.74) is 3.28. The number of pyridine rings is 1. The van der Waals surface area contributed by atoms with E-state index in [1.807, 2.05) is 7.05 Å². The predicted octanol–water partition coefficient (Wildman–Crippen LogP) is 2.90. The lowest BCUT2D eigenvalue weighted by atomic mass is 10.1. The molecule has 0 bridgehead atoms. The molecule has 27 heavy (non-hydrogen) atoms. The number of aliphatic imine (C=N–C) groups is 1. The molecule has 0 spiro atoms. The molecule has 0 saturated carbocycles. The third kappa shape index (κ3) is 4.74. The van der Waals surface area contributed by atoms with Gasteiger partial charge in [-0.25, -0.2) is 4.98 Å². The molecule has 4 rings (SSSR count). The fraction of sp³-hybridized carbons (Fsp3) is 0.600. The van der Waals surface area contributed by atoms with Gasteiger partial charge < -0.3 is 14.6 Å². The maximum atomic E-state index is 4.71. The van der Waals surface area contributed by atoms with Gasteiger partial charge in [0.25, 0.3) is 0 Å². The summed E-state index contributed by atoms with van der Waals surface area (Å²) in [5, 5.41) is 3.51. The molecule has 2 fully saturated rings. The number of imidazole rings is 1. The molecular formula is C20H31IN6. The fourth-order valence-electron chi connectivity index (χ4n) is 4.24. The summed E-state index contributed by atoms with van der Waals surface area (Å²) >= 11 is 0. The topological polar surface area (TPSA) is 48.2 Å². The van der Waals surface area contributed by atoms with Crippen LogP contribution < -0.4 is 5.32 Å². The number of aryl methyl sites for hydroxylation is 1. The molecule has 1 N–H and O–H groups in total. The first-order valence-electron chi connectivity index (χ1n) is 9.87. The third-order valence-electron chi connectivity index (χ3n) is 5.67. The first kappa shape index (κ1) is 20.4. The molecule has 4 heterocycles. The van der Waals surface area contributed by atoms with Crippen LogP contribution in [0.4, 0.5) is 0 Å². The Bertz CT molecular complexity index is 780. The molecular weight excluding hydrogens is 451 g/mol. The second kappa shape index (κ2) is 9.23. The minimum atomic E-state index is 0. The first-order chi connectivity index (χ1) is 12.7. The summed E-state index contributed by atoms with van der Waals surface area (Å²) in [4.78, 5) is 14.3. The SMILES string of the molecule is CN=C(NCc1cn2ccc(C)cc2n1)N1CCC(N2CCCCC2)C1.I. The molecule has 2 saturated heterocycles. The summed E-state index contributed by atoms with van der Waals surface area (Å²) < 4.78 is 2.08. The van der Waals surface area contributed by atoms with Gasteiger partial charge in [0.15, 0.2) is 5.96 Å². The summed E-state index contributed by atoms with van der Waals surface area (Å²) in [6, 6.07) is 4.91. The van der Waals surface area contributed by atoms with Crippen LogP contribution in [0.25, 0.3) is 5.65 Å². The van der Waals surface area contributed by atoms with E-state index in [2.05, 4.69) is 56.0 Å². The Balaban J connectivity index is 0.00000210. The Kier molecular flexibility index (Phi) is 6.97. The van der Waals surface area contributed by atoms with Crippen molar-refractivity contribution in [2.75, 3.05) is 33.2 Å². The highest BCUT2D eigenvalue weighted by molar-refractivity contribution is 14.0. The summed E-state index contributed by atoms with van der Waals surface area (Å²) in [6.45, 7) is 7.52. The zero-order chi connectivity index (χ0) is 17.9. The molecule has 6 nitrogen and oxygen atoms in total. The van der Waals surface area contributed by atoms with Crippen LogP contribution in [0.2, 0.25) is 0 Å². The van der Waals surface area contributed by atoms with E-state index in [4.69, 9.17) is 4.98 Å². The number of nitrogens with one attached hydrogen (secondary N) is 1. The van der Waals surface area contributed by atoms with Gasteiger partial charge in [-0.05, 0) is 57.0 Å². The number of nitrogens with zero attached hydrogens (tertiary/aromatic N) is 5. The van der Waals surface area contributed by atoms with Gasteiger partial charge in [0.05, 0.1) is 12.2 Å². The van der Waals surface area contributed by atoms with E-state index in [0.717, 1.165) is 30.4 Å². The van der Waals surface area contributed by atoms with Crippen LogP contribution in [0.15, 0.2) is 29.5 Å². The van der Waals surface area contributed by atoms with E-state index >= 15 is 0 Å². The molecule has 2 aromatic rings. The van der Waals surface area contributed by atoms with Crippen LogP contribution in [0.3, 0.4) is 0 Å². The normalized spacial score (nSPS) is 21.5. The van der Waals surface area contributed by atoms with Crippen molar-refractivity contribution in [1.29, 1.82) is 0 Å². The van der Waals surface area contributed by atoms with Gasteiger partial charge in [-0.15, -0.1) is 24.0 Å². The Labute approximate surface area is 179 Å². The molecule has 1 unspecified atom stereocenters. The van der Waals surface area contributed by atoms with Gasteiger partial charge >= 0.3 is 0 Å². The van der Waals surface area contributed by atoms with E-state index < -0.39 is 0 Å². The van der Waals surface area contributed by atoms with Crippen LogP contribution in [0.5, 0.6) is 0 Å². The molecule has 0 amide bonds. The first-order valence-corrected chi connectivity index (χ1v) is 9.87. The zero-order valence-corrected chi connectivity index (χ0v) is 18.7. The van der Waals surface area contributed by atoms with Crippen LogP contribution in [-0.4, -0.2) is 64.4 Å². The summed E-state index contributed by atoms with van der Waals surface area (Å²) in [7, 11) is 1.88. The molecule has 0 aromatic carbocycles. The van der Waals surface area contributed by atoms with E-state index in [1.165, 1.54) is 44.3 Å². The highest BCUT2D eigenvalue weighted by atomic mass is 127. The predicted molar refractivity (Wildman–Crippen MR) is 121 cm³/mol. The summed E-state index contributed by atoms with van der Waals surface area (Å²) in [5.74, 6) is 0.998. The van der Waals surface area contributed by atoms with E-state index in [0.29, 0.717) is 12.6 Å². The van der Waals surface area contributed by atoms with Gasteiger partial charge in [-0.3, -0.25) is 9.89 Å². The number of guanidine groups is 1. The number of halogens is 1. The number of aromatic nitrogens is 2. The molecule has 0 radical (unpaired) electrons. The lowest BCUT2D eigenvalue weighted by Crippen LogP contribution is -2.44. The standard InChI is InChI=1S/C20H30N6.HI/c1-16-6-10-25-14-17(23-19(25)12-16)13-22-20(21-2)26-11-7-18(15-26)24-8-4-3-5-9-24;/h6,10,12,14,18H,3-5,7-9,11,13,15H2,1-2H3,(H,21,22);1H. The zero-order valence-electron chi connectivity index (χ0n) is 16.4. The Morgan fingerprint density at radius 1 is 1.26 bits per heavy atom. The van der Waals surface area contributed by atoms with Crippen molar-refractivity contribution in [3.05, 3.63) is 35.8 Å². The fourth-order valence-corrected chi connectivity index (χ4v) is 4.24. The smallest absolute Gasteiger partial charge is 0.194 e. The molecule has 1 atom stereocenters. The largest absolute Gasteiger partial charge is 0.351 e. The molecule has 2 aliphatic heterocycles. The lowest BCUT2D eigenvalue weighted by molar-refractivity contribution is 0.168. The van der Waals surface area contributed by atoms with Crippen molar-refractivity contribution in [2.45, 2.75) is 45.2 Å². The third-order valence-corrected chi connectivity index (χ3v) is 5.67. The Morgan fingerprint density at radius 2 is 2.07 bits per heavy atom. The van der Waals surface area contributed by atoms with Gasteiger partial charge in [0.1, 0.15) is 5.65 Å². The highest BCUT2D eigenvalue weighted by Crippen LogP contribution is 2.20. The second-order valence-electron chi connectivity index (χ2n) is 7.59. The average Bonchev–Trinajstić information content (AvgIpc) is 3.30. The van der Waals surface area contributed by atoms with Crippen LogP contribution >= 0.6 is 24.0 Å². The van der Waals surface area contributed by atoms with E-state index in [9.17, 15) is 0 Å². The monoisotopic (exact) mass is 482 g/mol. The molecule has 2 aromatic heterocycles. The Morgan fingerprint density at radius 3 is 2.85 bits per heavy atom. The van der Waals surface area contributed by atoms with Crippen molar-refractivity contribution in [2.24, 2.45) is 4.99 Å². The van der Waals surface area contributed by atoms with Gasteiger partial charge in [-0.2, -0.15) is 0 Å². The van der Waals surface area contributed by atoms with Crippen molar-refractivity contribution in [1.82, 2.24) is 24.5 Å². The van der Waals surface area contributed by atoms with Gasteiger partial charge in [0, 0.05) is 38.6 Å². The second-order valence-corrected chi connectivity index (χ2v) is 7.59. The number of likely N-dealkylation sites (tertiary alicyclic amines) is 2. The number of hydrogen-bond donors (Lipinski definition) is 1. The number of fused-ring (bicyclic) bond motifs is 1. The van der Waals surface area contributed by atoms with Gasteiger partial charge in [0.2, 0.25) is 0 Å². The van der Waals surface area contributed by atoms with E-state index in [1.54, 1.807) is 0 Å². The maximum Gasteiger partial charge on any atom is 0.194 e. The highest BCUT2D eigenvalue weighted by Gasteiger charge is 2.29. The van der Waals surface area contributed by atoms with E-state index in [-0.39, 0.29) is 24.0 Å². The van der Waals surface area contributed by atoms with Crippen LogP contribution in [0, 0.1) is 6.92 Å². The number of piperidine rings is 1. The molecule has 7 heteroatoms.